The van der Waals surface area contributed by atoms with Crippen LogP contribution in [0.2, 0.25) is 0 Å². The van der Waals surface area contributed by atoms with Crippen LogP contribution in [0.25, 0.3) is 0 Å². The quantitative estimate of drug-likeness (QED) is 0.816. The molecule has 0 bridgehead atoms. The predicted molar refractivity (Wildman–Crippen MR) is 69.3 cm³/mol. The van der Waals surface area contributed by atoms with Crippen LogP contribution in [0.5, 0.6) is 0 Å². The first-order valence-corrected chi connectivity index (χ1v) is 6.38. The van der Waals surface area contributed by atoms with Crippen molar-refractivity contribution in [1.29, 1.82) is 0 Å². The van der Waals surface area contributed by atoms with Crippen molar-refractivity contribution in [3.63, 3.8) is 0 Å². The highest BCUT2D eigenvalue weighted by Gasteiger charge is 2.43. The Morgan fingerprint density at radius 3 is 2.50 bits per heavy atom. The maximum absolute atomic E-state index is 12.3. The van der Waals surface area contributed by atoms with E-state index in [-0.39, 0.29) is 17.9 Å². The molecule has 1 atom stereocenters. The highest BCUT2D eigenvalue weighted by molar-refractivity contribution is 5.87. The Hall–Kier alpha value is -1.10. The van der Waals surface area contributed by atoms with E-state index in [1.54, 1.807) is 11.9 Å². The van der Waals surface area contributed by atoms with E-state index >= 15 is 0 Å². The fraction of sp³-hybridized carbons (Fsp3) is 0.846. The topological polar surface area (TPSA) is 60.9 Å². The number of rotatable bonds is 4. The van der Waals surface area contributed by atoms with E-state index in [4.69, 9.17) is 5.11 Å². The number of carbonyl (C=O) groups is 2. The second-order valence-corrected chi connectivity index (χ2v) is 6.15. The van der Waals surface area contributed by atoms with Gasteiger partial charge < -0.3 is 10.0 Å². The number of hydrogen-bond donors (Lipinski definition) is 1. The number of carboxylic acids is 1. The lowest BCUT2D eigenvalue weighted by Crippen LogP contribution is -2.65. The Balaban J connectivity index is 2.94. The number of nitrogens with zero attached hydrogens (tertiary/aromatic N) is 2. The minimum absolute atomic E-state index is 0.0886. The molecule has 1 aliphatic rings. The molecule has 5 heteroatoms. The van der Waals surface area contributed by atoms with Crippen LogP contribution in [0.15, 0.2) is 0 Å². The normalized spacial score (nSPS) is 24.7. The lowest BCUT2D eigenvalue weighted by atomic mass is 9.93. The van der Waals surface area contributed by atoms with E-state index in [1.807, 2.05) is 18.7 Å². The van der Waals surface area contributed by atoms with E-state index < -0.39 is 12.0 Å². The largest absolute Gasteiger partial charge is 0.481 e. The molecule has 0 aliphatic carbocycles. The van der Waals surface area contributed by atoms with Gasteiger partial charge in [-0.15, -0.1) is 0 Å². The van der Waals surface area contributed by atoms with Crippen LogP contribution in [-0.2, 0) is 9.59 Å². The Labute approximate surface area is 109 Å². The van der Waals surface area contributed by atoms with Crippen LogP contribution in [0, 0.1) is 5.92 Å². The van der Waals surface area contributed by atoms with Crippen molar-refractivity contribution in [1.82, 2.24) is 9.80 Å². The van der Waals surface area contributed by atoms with E-state index in [0.717, 1.165) is 6.54 Å². The molecule has 0 aromatic heterocycles. The third kappa shape index (κ3) is 3.22. The second kappa shape index (κ2) is 5.26. The zero-order valence-electron chi connectivity index (χ0n) is 11.9. The van der Waals surface area contributed by atoms with Crippen molar-refractivity contribution in [3.8, 4) is 0 Å². The molecule has 1 heterocycles. The second-order valence-electron chi connectivity index (χ2n) is 6.15. The summed E-state index contributed by atoms with van der Waals surface area (Å²) in [6.07, 6.45) is -0.119. The van der Waals surface area contributed by atoms with E-state index in [1.165, 1.54) is 0 Å². The fourth-order valence-corrected chi connectivity index (χ4v) is 2.43. The summed E-state index contributed by atoms with van der Waals surface area (Å²) in [6, 6.07) is -0.525. The van der Waals surface area contributed by atoms with Gasteiger partial charge in [-0.05, 0) is 19.8 Å². The summed E-state index contributed by atoms with van der Waals surface area (Å²) < 4.78 is 0. The number of likely N-dealkylation sites (N-methyl/N-ethyl adjacent to an activating group) is 1. The zero-order chi connectivity index (χ0) is 14.1. The third-order valence-corrected chi connectivity index (χ3v) is 3.52. The Bertz CT molecular complexity index is 339. The number of carboxylic acid groups (broad SMARTS) is 1. The summed E-state index contributed by atoms with van der Waals surface area (Å²) in [5.74, 6) is -0.599. The lowest BCUT2D eigenvalue weighted by molar-refractivity contribution is -0.155. The molecular weight excluding hydrogens is 232 g/mol. The first-order chi connectivity index (χ1) is 8.15. The van der Waals surface area contributed by atoms with Crippen molar-refractivity contribution >= 4 is 11.9 Å². The summed E-state index contributed by atoms with van der Waals surface area (Å²) in [4.78, 5) is 26.9. The third-order valence-electron chi connectivity index (χ3n) is 3.52. The summed E-state index contributed by atoms with van der Waals surface area (Å²) >= 11 is 0. The molecule has 1 fully saturated rings. The van der Waals surface area contributed by atoms with Crippen LogP contribution in [0.4, 0.5) is 0 Å². The van der Waals surface area contributed by atoms with E-state index in [9.17, 15) is 9.59 Å². The van der Waals surface area contributed by atoms with Gasteiger partial charge >= 0.3 is 5.97 Å². The molecule has 1 aliphatic heterocycles. The predicted octanol–water partition coefficient (Wildman–Crippen LogP) is 1.04. The van der Waals surface area contributed by atoms with Crippen LogP contribution >= 0.6 is 0 Å². The maximum Gasteiger partial charge on any atom is 0.305 e. The highest BCUT2D eigenvalue weighted by atomic mass is 16.4. The SMILES string of the molecule is CC(C)CN1CC(C)(C)N(C)C(=O)C1CC(=O)O. The monoisotopic (exact) mass is 256 g/mol. The van der Waals surface area contributed by atoms with Crippen molar-refractivity contribution in [3.05, 3.63) is 0 Å². The van der Waals surface area contributed by atoms with Gasteiger partial charge in [-0.2, -0.15) is 0 Å². The van der Waals surface area contributed by atoms with Gasteiger partial charge in [0.25, 0.3) is 0 Å². The number of carbonyl (C=O) groups excluding carboxylic acids is 1. The fourth-order valence-electron chi connectivity index (χ4n) is 2.43. The molecule has 1 unspecified atom stereocenters. The van der Waals surface area contributed by atoms with Gasteiger partial charge in [-0.1, -0.05) is 13.8 Å². The van der Waals surface area contributed by atoms with Gasteiger partial charge in [0.15, 0.2) is 0 Å². The first-order valence-electron chi connectivity index (χ1n) is 6.38. The van der Waals surface area contributed by atoms with E-state index in [2.05, 4.69) is 13.8 Å². The van der Waals surface area contributed by atoms with Gasteiger partial charge in [0.1, 0.15) is 0 Å². The minimum Gasteiger partial charge on any atom is -0.481 e. The molecule has 5 nitrogen and oxygen atoms in total. The van der Waals surface area contributed by atoms with Gasteiger partial charge in [-0.3, -0.25) is 14.5 Å². The van der Waals surface area contributed by atoms with Crippen molar-refractivity contribution in [2.45, 2.75) is 45.7 Å². The zero-order valence-corrected chi connectivity index (χ0v) is 11.9. The summed E-state index contributed by atoms with van der Waals surface area (Å²) in [7, 11) is 1.75. The summed E-state index contributed by atoms with van der Waals surface area (Å²) in [5, 5.41) is 8.95. The molecule has 104 valence electrons. The molecule has 1 rings (SSSR count). The molecule has 0 spiro atoms. The Morgan fingerprint density at radius 2 is 2.06 bits per heavy atom. The van der Waals surface area contributed by atoms with Crippen LogP contribution in [0.1, 0.15) is 34.1 Å². The van der Waals surface area contributed by atoms with Gasteiger partial charge in [0.2, 0.25) is 5.91 Å². The van der Waals surface area contributed by atoms with Gasteiger partial charge in [0.05, 0.1) is 12.5 Å². The van der Waals surface area contributed by atoms with Crippen molar-refractivity contribution < 1.29 is 14.7 Å². The molecule has 0 aromatic carbocycles. The molecule has 1 N–H and O–H groups in total. The molecule has 1 amide bonds. The average Bonchev–Trinajstić information content (AvgIpc) is 2.19. The van der Waals surface area contributed by atoms with E-state index in [0.29, 0.717) is 12.5 Å². The van der Waals surface area contributed by atoms with Gasteiger partial charge in [-0.25, -0.2) is 0 Å². The highest BCUT2D eigenvalue weighted by Crippen LogP contribution is 2.26. The maximum atomic E-state index is 12.3. The number of piperazine rings is 1. The number of hydrogen-bond acceptors (Lipinski definition) is 3. The molecule has 0 aromatic rings. The average molecular weight is 256 g/mol. The first kappa shape index (κ1) is 15.0. The van der Waals surface area contributed by atoms with Crippen molar-refractivity contribution in [2.75, 3.05) is 20.1 Å². The summed E-state index contributed by atoms with van der Waals surface area (Å²) in [5.41, 5.74) is -0.249. The smallest absolute Gasteiger partial charge is 0.305 e. The van der Waals surface area contributed by atoms with Gasteiger partial charge in [0, 0.05) is 25.7 Å². The Kier molecular flexibility index (Phi) is 4.37. The molecule has 18 heavy (non-hydrogen) atoms. The minimum atomic E-state index is -0.921. The number of amides is 1. The van der Waals surface area contributed by atoms with Crippen molar-refractivity contribution in [2.24, 2.45) is 5.92 Å². The molecule has 1 saturated heterocycles. The lowest BCUT2D eigenvalue weighted by Gasteiger charge is -2.49. The molecular formula is C13H24N2O3. The Morgan fingerprint density at radius 1 is 1.50 bits per heavy atom. The van der Waals surface area contributed by atoms with Crippen LogP contribution in [-0.4, -0.2) is 58.5 Å². The summed E-state index contributed by atoms with van der Waals surface area (Å²) in [6.45, 7) is 9.64. The molecule has 0 saturated carbocycles. The standard InChI is InChI=1S/C13H24N2O3/c1-9(2)7-15-8-13(3,4)14(5)12(18)10(15)6-11(16)17/h9-10H,6-8H2,1-5H3,(H,16,17). The number of aliphatic carboxylic acids is 1. The molecule has 0 radical (unpaired) electrons. The van der Waals surface area contributed by atoms with Crippen LogP contribution in [0.3, 0.4) is 0 Å². The van der Waals surface area contributed by atoms with Crippen LogP contribution < -0.4 is 0 Å².